The molecular weight excluding hydrogens is 585 g/mol. The second-order valence-electron chi connectivity index (χ2n) is 9.39. The smallest absolute Gasteiger partial charge is 0.322 e. The minimum Gasteiger partial charge on any atom is -0.492 e. The van der Waals surface area contributed by atoms with Crippen LogP contribution in [0.2, 0.25) is 5.02 Å². The van der Waals surface area contributed by atoms with Gasteiger partial charge in [0.2, 0.25) is 0 Å². The molecule has 1 saturated heterocycles. The Kier molecular flexibility index (Phi) is 9.15. The Labute approximate surface area is 247 Å². The molecule has 42 heavy (non-hydrogen) atoms. The summed E-state index contributed by atoms with van der Waals surface area (Å²) in [5.41, 5.74) is 2.19. The molecule has 3 aromatic carbocycles. The van der Waals surface area contributed by atoms with Gasteiger partial charge in [0.05, 0.1) is 21.3 Å². The fourth-order valence-electron chi connectivity index (χ4n) is 4.45. The molecule has 1 aliphatic heterocycles. The average molecular weight is 612 g/mol. The predicted octanol–water partition coefficient (Wildman–Crippen LogP) is 5.44. The van der Waals surface area contributed by atoms with Gasteiger partial charge in [0.1, 0.15) is 30.3 Å². The number of carbonyl (C=O) groups is 1. The molecule has 0 aliphatic carbocycles. The third kappa shape index (κ3) is 6.96. The zero-order chi connectivity index (χ0) is 29.5. The van der Waals surface area contributed by atoms with E-state index in [0.717, 1.165) is 49.1 Å². The van der Waals surface area contributed by atoms with E-state index in [2.05, 4.69) is 20.2 Å². The van der Waals surface area contributed by atoms with Crippen molar-refractivity contribution in [2.24, 2.45) is 0 Å². The molecule has 2 heterocycles. The quantitative estimate of drug-likeness (QED) is 0.165. The summed E-state index contributed by atoms with van der Waals surface area (Å²) in [5.74, 6) is 0.520. The molecule has 0 amide bonds. The molecule has 0 atom stereocenters. The van der Waals surface area contributed by atoms with Gasteiger partial charge in [-0.3, -0.25) is 9.69 Å². The molecule has 0 radical (unpaired) electrons. The van der Waals surface area contributed by atoms with Crippen LogP contribution in [0.15, 0.2) is 84.0 Å². The van der Waals surface area contributed by atoms with Gasteiger partial charge < -0.3 is 14.9 Å². The van der Waals surface area contributed by atoms with Gasteiger partial charge in [-0.2, -0.15) is 8.42 Å². The van der Waals surface area contributed by atoms with Gasteiger partial charge in [-0.25, -0.2) is 14.4 Å². The molecule has 10 nitrogen and oxygen atoms in total. The highest BCUT2D eigenvalue weighted by atomic mass is 35.5. The summed E-state index contributed by atoms with van der Waals surface area (Å²) >= 11 is 5.75. The average Bonchev–Trinajstić information content (AvgIpc) is 3.52. The standard InChI is InChI=1S/C29H27ClFN5O5S/c30-26-17-25(11-12-27(26)31)42(38,39)36(41-20-37)23-7-5-22(6-8-23)34-29-18-28(32-19-33-29)21-3-9-24(10-4-21)40-16-15-35-13-1-2-14-35/h3-12,17-20H,1-2,13-16H2,(H,32,33,34). The Morgan fingerprint density at radius 3 is 2.43 bits per heavy atom. The van der Waals surface area contributed by atoms with Crippen molar-refractivity contribution in [3.05, 3.63) is 90.0 Å². The molecule has 13 heteroatoms. The van der Waals surface area contributed by atoms with Crippen molar-refractivity contribution in [1.29, 1.82) is 0 Å². The number of nitrogens with one attached hydrogen (secondary N) is 1. The molecule has 0 unspecified atom stereocenters. The molecular formula is C29H27ClFN5O5S. The first-order valence-electron chi connectivity index (χ1n) is 13.1. The number of halogens is 2. The molecule has 4 aromatic rings. The van der Waals surface area contributed by atoms with E-state index in [0.29, 0.717) is 28.3 Å². The molecule has 1 aromatic heterocycles. The highest BCUT2D eigenvalue weighted by molar-refractivity contribution is 7.92. The van der Waals surface area contributed by atoms with Gasteiger partial charge in [-0.1, -0.05) is 16.1 Å². The number of hydrogen-bond acceptors (Lipinski definition) is 9. The third-order valence-electron chi connectivity index (χ3n) is 6.59. The van der Waals surface area contributed by atoms with E-state index in [1.807, 2.05) is 24.3 Å². The summed E-state index contributed by atoms with van der Waals surface area (Å²) in [7, 11) is -4.40. The molecule has 0 bridgehead atoms. The van der Waals surface area contributed by atoms with Crippen molar-refractivity contribution in [3.8, 4) is 17.0 Å². The molecule has 1 N–H and O–H groups in total. The monoisotopic (exact) mass is 611 g/mol. The van der Waals surface area contributed by atoms with Crippen LogP contribution in [-0.2, 0) is 19.7 Å². The van der Waals surface area contributed by atoms with Crippen LogP contribution in [0.5, 0.6) is 5.75 Å². The molecule has 1 fully saturated rings. The van der Waals surface area contributed by atoms with E-state index in [9.17, 15) is 17.6 Å². The third-order valence-corrected chi connectivity index (χ3v) is 8.46. The minimum atomic E-state index is -4.40. The molecule has 218 valence electrons. The van der Waals surface area contributed by atoms with E-state index in [1.54, 1.807) is 18.2 Å². The van der Waals surface area contributed by atoms with Crippen molar-refractivity contribution < 1.29 is 27.2 Å². The maximum absolute atomic E-state index is 13.6. The van der Waals surface area contributed by atoms with Gasteiger partial charge in [0.15, 0.2) is 0 Å². The maximum atomic E-state index is 13.6. The molecule has 0 saturated carbocycles. The summed E-state index contributed by atoms with van der Waals surface area (Å²) in [4.78, 5) is 26.6. The lowest BCUT2D eigenvalue weighted by atomic mass is 10.1. The van der Waals surface area contributed by atoms with Crippen molar-refractivity contribution in [3.63, 3.8) is 0 Å². The van der Waals surface area contributed by atoms with Crippen molar-refractivity contribution in [1.82, 2.24) is 14.9 Å². The summed E-state index contributed by atoms with van der Waals surface area (Å²) in [6.07, 6.45) is 3.94. The van der Waals surface area contributed by atoms with Gasteiger partial charge in [-0.15, -0.1) is 0 Å². The van der Waals surface area contributed by atoms with Crippen molar-refractivity contribution >= 4 is 45.3 Å². The van der Waals surface area contributed by atoms with E-state index in [1.165, 1.54) is 31.3 Å². The Morgan fingerprint density at radius 2 is 1.74 bits per heavy atom. The number of aromatic nitrogens is 2. The largest absolute Gasteiger partial charge is 0.492 e. The Bertz CT molecular complexity index is 1640. The second kappa shape index (κ2) is 13.1. The summed E-state index contributed by atoms with van der Waals surface area (Å²) in [5, 5.41) is 2.76. The van der Waals surface area contributed by atoms with E-state index >= 15 is 0 Å². The molecule has 5 rings (SSSR count). The van der Waals surface area contributed by atoms with Crippen LogP contribution in [0, 0.1) is 5.82 Å². The number of carbonyl (C=O) groups excluding carboxylic acids is 1. The van der Waals surface area contributed by atoms with Crippen LogP contribution in [0.4, 0.5) is 21.6 Å². The van der Waals surface area contributed by atoms with E-state index in [-0.39, 0.29) is 22.1 Å². The number of likely N-dealkylation sites (tertiary alicyclic amines) is 1. The van der Waals surface area contributed by atoms with Crippen LogP contribution in [0.3, 0.4) is 0 Å². The number of benzene rings is 3. The summed E-state index contributed by atoms with van der Waals surface area (Å²) < 4.78 is 46.0. The Morgan fingerprint density at radius 1 is 1.00 bits per heavy atom. The van der Waals surface area contributed by atoms with Crippen LogP contribution in [0.25, 0.3) is 11.3 Å². The molecule has 0 spiro atoms. The van der Waals surface area contributed by atoms with Crippen molar-refractivity contribution in [2.45, 2.75) is 17.7 Å². The fraction of sp³-hybridized carbons (Fsp3) is 0.207. The summed E-state index contributed by atoms with van der Waals surface area (Å²) in [6.45, 7) is 3.82. The number of nitrogens with zero attached hydrogens (tertiary/aromatic N) is 4. The van der Waals surface area contributed by atoms with E-state index in [4.69, 9.17) is 21.2 Å². The summed E-state index contributed by atoms with van der Waals surface area (Å²) in [6, 6.07) is 18.4. The van der Waals surface area contributed by atoms with Crippen LogP contribution >= 0.6 is 11.6 Å². The van der Waals surface area contributed by atoms with Crippen LogP contribution in [0.1, 0.15) is 12.8 Å². The van der Waals surface area contributed by atoms with Gasteiger partial charge in [0, 0.05) is 23.9 Å². The zero-order valence-corrected chi connectivity index (χ0v) is 23.9. The number of rotatable bonds is 12. The SMILES string of the molecule is O=CON(c1ccc(Nc2cc(-c3ccc(OCCN4CCCC4)cc3)ncn2)cc1)S(=O)(=O)c1ccc(F)c(Cl)c1. The lowest BCUT2D eigenvalue weighted by Crippen LogP contribution is -2.30. The molecule has 1 aliphatic rings. The highest BCUT2D eigenvalue weighted by Crippen LogP contribution is 2.29. The minimum absolute atomic E-state index is 0.0233. The van der Waals surface area contributed by atoms with Gasteiger partial charge in [-0.05, 0) is 92.7 Å². The fourth-order valence-corrected chi connectivity index (χ4v) is 5.94. The lowest BCUT2D eigenvalue weighted by molar-refractivity contribution is -0.128. The second-order valence-corrected chi connectivity index (χ2v) is 11.6. The first kappa shape index (κ1) is 29.2. The van der Waals surface area contributed by atoms with E-state index < -0.39 is 15.8 Å². The number of hydrogen-bond donors (Lipinski definition) is 1. The normalized spacial score (nSPS) is 13.5. The van der Waals surface area contributed by atoms with Gasteiger partial charge in [0.25, 0.3) is 10.0 Å². The Balaban J connectivity index is 1.25. The van der Waals surface area contributed by atoms with Crippen molar-refractivity contribution in [2.75, 3.05) is 36.0 Å². The van der Waals surface area contributed by atoms with Gasteiger partial charge >= 0.3 is 6.47 Å². The first-order valence-corrected chi connectivity index (χ1v) is 14.9. The number of sulfonamides is 1. The number of ether oxygens (including phenoxy) is 1. The lowest BCUT2D eigenvalue weighted by Gasteiger charge is -2.21. The first-order chi connectivity index (χ1) is 20.3. The zero-order valence-electron chi connectivity index (χ0n) is 22.3. The van der Waals surface area contributed by atoms with Crippen LogP contribution in [-0.4, -0.2) is 56.0 Å². The topological polar surface area (TPSA) is 114 Å². The highest BCUT2D eigenvalue weighted by Gasteiger charge is 2.28. The number of anilines is 3. The Hall–Kier alpha value is -4.26. The predicted molar refractivity (Wildman–Crippen MR) is 157 cm³/mol. The maximum Gasteiger partial charge on any atom is 0.322 e. The van der Waals surface area contributed by atoms with Crippen LogP contribution < -0.4 is 14.5 Å².